The molecule has 35 heavy (non-hydrogen) atoms. The lowest BCUT2D eigenvalue weighted by atomic mass is 9.65. The first kappa shape index (κ1) is 22.3. The molecular formula is C32H37BrOSi. The molecule has 1 fully saturated rings. The second-order valence-electron chi connectivity index (χ2n) is 11.7. The molecule has 5 rings (SSSR count). The first-order chi connectivity index (χ1) is 17.6. The molecule has 182 valence electrons. The van der Waals surface area contributed by atoms with Gasteiger partial charge in [0.2, 0.25) is 0 Å². The van der Waals surface area contributed by atoms with Crippen LogP contribution in [0.25, 0.3) is 5.57 Å². The Bertz CT molecular complexity index is 1260. The first-order valence-electron chi connectivity index (χ1n) is 13.8. The molecule has 0 unspecified atom stereocenters. The molecule has 0 bridgehead atoms. The monoisotopic (exact) mass is 546 g/mol. The van der Waals surface area contributed by atoms with Crippen molar-refractivity contribution in [3.8, 4) is 0 Å². The van der Waals surface area contributed by atoms with Gasteiger partial charge in [0.1, 0.15) is 0 Å². The van der Waals surface area contributed by atoms with Gasteiger partial charge in [-0.25, -0.2) is 0 Å². The molecule has 0 heterocycles. The fraction of sp³-hybridized carbons (Fsp3) is 0.375. The molecule has 3 aromatic rings. The van der Waals surface area contributed by atoms with Gasteiger partial charge in [-0.05, 0) is 81.3 Å². The lowest BCUT2D eigenvalue weighted by molar-refractivity contribution is 0.0512. The van der Waals surface area contributed by atoms with Crippen molar-refractivity contribution < 1.29 is 7.17 Å². The summed E-state index contributed by atoms with van der Waals surface area (Å²) in [5.41, 5.74) is 3.15. The molecule has 0 radical (unpaired) electrons. The Morgan fingerprint density at radius 3 is 2.17 bits per heavy atom. The van der Waals surface area contributed by atoms with Gasteiger partial charge in [-0.1, -0.05) is 117 Å². The zero-order valence-corrected chi connectivity index (χ0v) is 23.9. The largest absolute Gasteiger partial charge is 0.404 e. The highest BCUT2D eigenvalue weighted by Crippen LogP contribution is 2.56. The SMILES string of the molecule is [2H]C([2H])=C1c2cc(Br)ccc2C[C@@]12CC[C@H](O[Si](c1ccccc1)(c1ccccc1)C(C)(C)C)[C@@H](C)C2. The molecule has 0 N–H and O–H groups in total. The van der Waals surface area contributed by atoms with Crippen molar-refractivity contribution in [1.29, 1.82) is 0 Å². The Labute approximate surface area is 223 Å². The average molecular weight is 548 g/mol. The van der Waals surface area contributed by atoms with Crippen molar-refractivity contribution in [2.45, 2.75) is 64.5 Å². The summed E-state index contributed by atoms with van der Waals surface area (Å²) in [5, 5.41) is 2.58. The van der Waals surface area contributed by atoms with Crippen LogP contribution in [0.2, 0.25) is 5.04 Å². The molecule has 0 saturated heterocycles. The van der Waals surface area contributed by atoms with Crippen LogP contribution in [-0.2, 0) is 10.8 Å². The highest BCUT2D eigenvalue weighted by atomic mass is 79.9. The van der Waals surface area contributed by atoms with Crippen molar-refractivity contribution in [2.24, 2.45) is 11.3 Å². The highest BCUT2D eigenvalue weighted by Gasteiger charge is 2.54. The molecule has 0 amide bonds. The van der Waals surface area contributed by atoms with Crippen LogP contribution in [0, 0.1) is 11.3 Å². The molecule has 3 heteroatoms. The van der Waals surface area contributed by atoms with Crippen LogP contribution in [0.4, 0.5) is 0 Å². The van der Waals surface area contributed by atoms with E-state index in [1.165, 1.54) is 15.9 Å². The number of fused-ring (bicyclic) bond motifs is 1. The number of hydrogen-bond donors (Lipinski definition) is 0. The minimum absolute atomic E-state index is 0.0320. The van der Waals surface area contributed by atoms with E-state index in [1.807, 2.05) is 0 Å². The fourth-order valence-corrected chi connectivity index (χ4v) is 11.9. The maximum Gasteiger partial charge on any atom is 0.261 e. The maximum absolute atomic E-state index is 8.41. The minimum atomic E-state index is -2.63. The van der Waals surface area contributed by atoms with E-state index in [-0.39, 0.29) is 23.1 Å². The minimum Gasteiger partial charge on any atom is -0.404 e. The molecule has 1 spiro atoms. The number of benzene rings is 3. The van der Waals surface area contributed by atoms with E-state index in [2.05, 4.69) is 122 Å². The van der Waals surface area contributed by atoms with Gasteiger partial charge in [-0.3, -0.25) is 0 Å². The van der Waals surface area contributed by atoms with Crippen molar-refractivity contribution >= 4 is 40.2 Å². The van der Waals surface area contributed by atoms with Crippen LogP contribution >= 0.6 is 15.9 Å². The summed E-state index contributed by atoms with van der Waals surface area (Å²) in [5.74, 6) is 0.322. The summed E-state index contributed by atoms with van der Waals surface area (Å²) in [6, 6.07) is 28.2. The van der Waals surface area contributed by atoms with Gasteiger partial charge < -0.3 is 4.43 Å². The summed E-state index contributed by atoms with van der Waals surface area (Å²) < 4.78 is 25.4. The number of hydrogen-bond acceptors (Lipinski definition) is 1. The van der Waals surface area contributed by atoms with Gasteiger partial charge in [0, 0.05) is 10.6 Å². The first-order valence-corrected chi connectivity index (χ1v) is 15.5. The van der Waals surface area contributed by atoms with Crippen molar-refractivity contribution in [1.82, 2.24) is 0 Å². The molecule has 1 nitrogen and oxygen atoms in total. The molecule has 3 aromatic carbocycles. The maximum atomic E-state index is 8.41. The standard InChI is InChI=1S/C32H37BrOSi/c1-23-21-32(22-25-16-17-26(33)20-29(25)24(32)2)19-18-30(23)34-35(31(3,4)5,27-12-8-6-9-13-27)28-14-10-7-11-15-28/h6-17,20,23,30H,2,18-19,21-22H2,1,3-5H3/t23-,30-,32-/m0/s1/i2D2. The van der Waals surface area contributed by atoms with E-state index >= 15 is 0 Å². The van der Waals surface area contributed by atoms with E-state index in [0.717, 1.165) is 41.3 Å². The number of halogens is 1. The van der Waals surface area contributed by atoms with Gasteiger partial charge in [-0.2, -0.15) is 0 Å². The third-order valence-corrected chi connectivity index (χ3v) is 14.0. The Balaban J connectivity index is 1.52. The Hall–Kier alpha value is -1.94. The number of rotatable bonds is 4. The molecule has 3 atom stereocenters. The zero-order chi connectivity index (χ0) is 26.4. The van der Waals surface area contributed by atoms with E-state index in [4.69, 9.17) is 7.17 Å². The van der Waals surface area contributed by atoms with Crippen LogP contribution < -0.4 is 10.4 Å². The van der Waals surface area contributed by atoms with E-state index in [9.17, 15) is 0 Å². The van der Waals surface area contributed by atoms with E-state index < -0.39 is 8.32 Å². The average Bonchev–Trinajstić information content (AvgIpc) is 3.16. The van der Waals surface area contributed by atoms with Crippen LogP contribution in [-0.4, -0.2) is 14.4 Å². The van der Waals surface area contributed by atoms with Gasteiger partial charge in [0.15, 0.2) is 0 Å². The predicted molar refractivity (Wildman–Crippen MR) is 155 cm³/mol. The Morgan fingerprint density at radius 2 is 1.63 bits per heavy atom. The summed E-state index contributed by atoms with van der Waals surface area (Å²) in [6.07, 6.45) is 3.88. The zero-order valence-electron chi connectivity index (χ0n) is 23.3. The second kappa shape index (κ2) is 9.17. The van der Waals surface area contributed by atoms with Crippen molar-refractivity contribution in [2.75, 3.05) is 0 Å². The molecule has 0 aromatic heterocycles. The normalized spacial score (nSPS) is 25.2. The summed E-state index contributed by atoms with van der Waals surface area (Å²) in [6.45, 7) is 9.32. The lowest BCUT2D eigenvalue weighted by Gasteiger charge is -2.49. The second-order valence-corrected chi connectivity index (χ2v) is 16.8. The lowest BCUT2D eigenvalue weighted by Crippen LogP contribution is -2.68. The molecule has 0 aliphatic heterocycles. The highest BCUT2D eigenvalue weighted by molar-refractivity contribution is 9.10. The van der Waals surface area contributed by atoms with Crippen molar-refractivity contribution in [3.63, 3.8) is 0 Å². The number of allylic oxidation sites excluding steroid dienone is 1. The van der Waals surface area contributed by atoms with Crippen LogP contribution in [0.1, 0.15) is 60.8 Å². The Morgan fingerprint density at radius 1 is 1.00 bits per heavy atom. The molecule has 2 aliphatic rings. The summed E-state index contributed by atoms with van der Waals surface area (Å²) in [7, 11) is -2.63. The van der Waals surface area contributed by atoms with E-state index in [1.54, 1.807) is 0 Å². The fourth-order valence-electron chi connectivity index (χ4n) is 6.71. The molecule has 2 aliphatic carbocycles. The summed E-state index contributed by atoms with van der Waals surface area (Å²) in [4.78, 5) is 0. The molecular weight excluding hydrogens is 508 g/mol. The third kappa shape index (κ3) is 4.20. The van der Waals surface area contributed by atoms with Gasteiger partial charge in [0.05, 0.1) is 2.74 Å². The molecule has 1 saturated carbocycles. The van der Waals surface area contributed by atoms with Gasteiger partial charge >= 0.3 is 0 Å². The van der Waals surface area contributed by atoms with Crippen molar-refractivity contribution in [3.05, 3.63) is 101 Å². The third-order valence-electron chi connectivity index (χ3n) is 8.40. The Kier molecular flexibility index (Phi) is 5.84. The van der Waals surface area contributed by atoms with Gasteiger partial charge in [-0.15, -0.1) is 0 Å². The quantitative estimate of drug-likeness (QED) is 0.303. The van der Waals surface area contributed by atoms with Gasteiger partial charge in [0.25, 0.3) is 8.32 Å². The van der Waals surface area contributed by atoms with Crippen LogP contribution in [0.5, 0.6) is 0 Å². The van der Waals surface area contributed by atoms with Crippen LogP contribution in [0.15, 0.2) is 89.9 Å². The van der Waals surface area contributed by atoms with E-state index in [0.29, 0.717) is 5.92 Å². The smallest absolute Gasteiger partial charge is 0.261 e. The van der Waals surface area contributed by atoms with Crippen LogP contribution in [0.3, 0.4) is 0 Å². The predicted octanol–water partition coefficient (Wildman–Crippen LogP) is 7.77. The topological polar surface area (TPSA) is 9.23 Å². The summed E-state index contributed by atoms with van der Waals surface area (Å²) >= 11 is 3.61.